The molecule has 0 aromatic heterocycles. The Balaban J connectivity index is 2.00. The van der Waals surface area contributed by atoms with E-state index < -0.39 is 0 Å². The molecule has 0 aliphatic heterocycles. The summed E-state index contributed by atoms with van der Waals surface area (Å²) in [6.45, 7) is 0. The summed E-state index contributed by atoms with van der Waals surface area (Å²) in [4.78, 5) is 11.9. The SMILES string of the molecule is COc1ccc(OC(=O)C2CCCCC2)cc1O. The molecular weight excluding hydrogens is 232 g/mol. The number of methoxy groups -OCH3 is 1. The lowest BCUT2D eigenvalue weighted by Crippen LogP contribution is -2.22. The molecule has 0 spiro atoms. The maximum atomic E-state index is 11.9. The number of phenolic OH excluding ortho intramolecular Hbond substituents is 1. The Morgan fingerprint density at radius 3 is 2.61 bits per heavy atom. The molecular formula is C14H18O4. The van der Waals surface area contributed by atoms with E-state index in [1.165, 1.54) is 19.6 Å². The van der Waals surface area contributed by atoms with Crippen molar-refractivity contribution in [2.24, 2.45) is 5.92 Å². The number of esters is 1. The van der Waals surface area contributed by atoms with Gasteiger partial charge in [-0.25, -0.2) is 0 Å². The second kappa shape index (κ2) is 5.76. The molecule has 1 aliphatic rings. The fourth-order valence-electron chi connectivity index (χ4n) is 2.27. The summed E-state index contributed by atoms with van der Waals surface area (Å²) in [6.07, 6.45) is 5.19. The number of carbonyl (C=O) groups is 1. The normalized spacial score (nSPS) is 16.3. The fourth-order valence-corrected chi connectivity index (χ4v) is 2.27. The Labute approximate surface area is 107 Å². The molecule has 0 atom stereocenters. The van der Waals surface area contributed by atoms with Crippen LogP contribution in [0.15, 0.2) is 18.2 Å². The quantitative estimate of drug-likeness (QED) is 0.662. The van der Waals surface area contributed by atoms with Crippen LogP contribution in [-0.4, -0.2) is 18.2 Å². The molecule has 4 heteroatoms. The number of phenols is 1. The number of carbonyl (C=O) groups excluding carboxylic acids is 1. The molecule has 4 nitrogen and oxygen atoms in total. The summed E-state index contributed by atoms with van der Waals surface area (Å²) in [6, 6.07) is 4.61. The first-order valence-corrected chi connectivity index (χ1v) is 6.29. The van der Waals surface area contributed by atoms with Crippen molar-refractivity contribution in [1.29, 1.82) is 0 Å². The zero-order valence-electron chi connectivity index (χ0n) is 10.5. The maximum absolute atomic E-state index is 11.9. The lowest BCUT2D eigenvalue weighted by molar-refractivity contribution is -0.139. The summed E-state index contributed by atoms with van der Waals surface area (Å²) in [7, 11) is 1.47. The molecule has 0 bridgehead atoms. The molecule has 1 aromatic carbocycles. The Bertz CT molecular complexity index is 422. The molecule has 0 saturated heterocycles. The first kappa shape index (κ1) is 12.7. The molecule has 0 amide bonds. The lowest BCUT2D eigenvalue weighted by Gasteiger charge is -2.19. The van der Waals surface area contributed by atoms with E-state index in [0.29, 0.717) is 11.5 Å². The van der Waals surface area contributed by atoms with Crippen molar-refractivity contribution in [3.63, 3.8) is 0 Å². The highest BCUT2D eigenvalue weighted by Gasteiger charge is 2.23. The van der Waals surface area contributed by atoms with Crippen LogP contribution >= 0.6 is 0 Å². The van der Waals surface area contributed by atoms with Gasteiger partial charge in [-0.05, 0) is 25.0 Å². The molecule has 0 radical (unpaired) electrons. The van der Waals surface area contributed by atoms with Crippen molar-refractivity contribution in [2.45, 2.75) is 32.1 Å². The minimum Gasteiger partial charge on any atom is -0.504 e. The van der Waals surface area contributed by atoms with Gasteiger partial charge in [-0.2, -0.15) is 0 Å². The minimum absolute atomic E-state index is 0.00277. The summed E-state index contributed by atoms with van der Waals surface area (Å²) in [5, 5.41) is 9.60. The second-order valence-electron chi connectivity index (χ2n) is 4.59. The summed E-state index contributed by atoms with van der Waals surface area (Å²) < 4.78 is 10.2. The zero-order chi connectivity index (χ0) is 13.0. The molecule has 1 saturated carbocycles. The van der Waals surface area contributed by atoms with Crippen molar-refractivity contribution < 1.29 is 19.4 Å². The van der Waals surface area contributed by atoms with Crippen LogP contribution in [0.2, 0.25) is 0 Å². The zero-order valence-corrected chi connectivity index (χ0v) is 10.5. The van der Waals surface area contributed by atoms with E-state index in [9.17, 15) is 9.90 Å². The van der Waals surface area contributed by atoms with Crippen LogP contribution < -0.4 is 9.47 Å². The van der Waals surface area contributed by atoms with Gasteiger partial charge >= 0.3 is 5.97 Å². The number of hydrogen-bond donors (Lipinski definition) is 1. The number of benzene rings is 1. The van der Waals surface area contributed by atoms with Gasteiger partial charge in [-0.1, -0.05) is 19.3 Å². The van der Waals surface area contributed by atoms with Crippen molar-refractivity contribution in [3.8, 4) is 17.2 Å². The van der Waals surface area contributed by atoms with Crippen LogP contribution in [0.5, 0.6) is 17.2 Å². The van der Waals surface area contributed by atoms with E-state index in [4.69, 9.17) is 9.47 Å². The van der Waals surface area contributed by atoms with Gasteiger partial charge in [0.2, 0.25) is 0 Å². The van der Waals surface area contributed by atoms with Crippen LogP contribution in [-0.2, 0) is 4.79 Å². The lowest BCUT2D eigenvalue weighted by atomic mass is 9.89. The molecule has 1 aromatic rings. The predicted molar refractivity (Wildman–Crippen MR) is 66.9 cm³/mol. The second-order valence-corrected chi connectivity index (χ2v) is 4.59. The Morgan fingerprint density at radius 2 is 2.00 bits per heavy atom. The van der Waals surface area contributed by atoms with Crippen LogP contribution in [0.1, 0.15) is 32.1 Å². The molecule has 1 N–H and O–H groups in total. The van der Waals surface area contributed by atoms with E-state index in [1.54, 1.807) is 12.1 Å². The topological polar surface area (TPSA) is 55.8 Å². The highest BCUT2D eigenvalue weighted by atomic mass is 16.5. The Morgan fingerprint density at radius 1 is 1.28 bits per heavy atom. The van der Waals surface area contributed by atoms with Gasteiger partial charge in [0.1, 0.15) is 5.75 Å². The van der Waals surface area contributed by atoms with Gasteiger partial charge in [0.25, 0.3) is 0 Å². The smallest absolute Gasteiger partial charge is 0.314 e. The fraction of sp³-hybridized carbons (Fsp3) is 0.500. The monoisotopic (exact) mass is 250 g/mol. The van der Waals surface area contributed by atoms with Crippen LogP contribution in [0.25, 0.3) is 0 Å². The molecule has 2 rings (SSSR count). The van der Waals surface area contributed by atoms with Crippen LogP contribution in [0, 0.1) is 5.92 Å². The van der Waals surface area contributed by atoms with E-state index in [0.717, 1.165) is 25.7 Å². The number of ether oxygens (including phenoxy) is 2. The molecule has 1 aliphatic carbocycles. The van der Waals surface area contributed by atoms with Crippen molar-refractivity contribution in [2.75, 3.05) is 7.11 Å². The van der Waals surface area contributed by atoms with Gasteiger partial charge in [0.05, 0.1) is 13.0 Å². The summed E-state index contributed by atoms with van der Waals surface area (Å²) >= 11 is 0. The third kappa shape index (κ3) is 2.94. The largest absolute Gasteiger partial charge is 0.504 e. The van der Waals surface area contributed by atoms with E-state index in [2.05, 4.69) is 0 Å². The third-order valence-corrected chi connectivity index (χ3v) is 3.31. The predicted octanol–water partition coefficient (Wildman–Crippen LogP) is 2.89. The average Bonchev–Trinajstić information content (AvgIpc) is 2.40. The van der Waals surface area contributed by atoms with Crippen molar-refractivity contribution in [3.05, 3.63) is 18.2 Å². The Kier molecular flexibility index (Phi) is 4.07. The first-order valence-electron chi connectivity index (χ1n) is 6.29. The van der Waals surface area contributed by atoms with E-state index >= 15 is 0 Å². The van der Waals surface area contributed by atoms with Gasteiger partial charge in [0, 0.05) is 6.07 Å². The molecule has 98 valence electrons. The highest BCUT2D eigenvalue weighted by Crippen LogP contribution is 2.31. The number of hydrogen-bond acceptors (Lipinski definition) is 4. The average molecular weight is 250 g/mol. The van der Waals surface area contributed by atoms with Gasteiger partial charge in [-0.3, -0.25) is 4.79 Å². The molecule has 0 heterocycles. The van der Waals surface area contributed by atoms with E-state index in [-0.39, 0.29) is 17.6 Å². The summed E-state index contributed by atoms with van der Waals surface area (Å²) in [5.74, 6) is 0.519. The van der Waals surface area contributed by atoms with Crippen LogP contribution in [0.4, 0.5) is 0 Å². The minimum atomic E-state index is -0.195. The summed E-state index contributed by atoms with van der Waals surface area (Å²) in [5.41, 5.74) is 0. The van der Waals surface area contributed by atoms with Crippen LogP contribution in [0.3, 0.4) is 0 Å². The first-order chi connectivity index (χ1) is 8.70. The maximum Gasteiger partial charge on any atom is 0.314 e. The standard InChI is InChI=1S/C14H18O4/c1-17-13-8-7-11(9-12(13)15)18-14(16)10-5-3-2-4-6-10/h7-10,15H,2-6H2,1H3. The van der Waals surface area contributed by atoms with Gasteiger partial charge < -0.3 is 14.6 Å². The molecule has 18 heavy (non-hydrogen) atoms. The van der Waals surface area contributed by atoms with Crippen molar-refractivity contribution >= 4 is 5.97 Å². The van der Waals surface area contributed by atoms with E-state index in [1.807, 2.05) is 0 Å². The highest BCUT2D eigenvalue weighted by molar-refractivity contribution is 5.75. The number of aromatic hydroxyl groups is 1. The van der Waals surface area contributed by atoms with Gasteiger partial charge in [0.15, 0.2) is 11.5 Å². The third-order valence-electron chi connectivity index (χ3n) is 3.31. The number of rotatable bonds is 3. The van der Waals surface area contributed by atoms with Crippen molar-refractivity contribution in [1.82, 2.24) is 0 Å². The molecule has 0 unspecified atom stereocenters. The Hall–Kier alpha value is -1.71. The van der Waals surface area contributed by atoms with Gasteiger partial charge in [-0.15, -0.1) is 0 Å². The molecule has 1 fully saturated rings.